The first-order valence-corrected chi connectivity index (χ1v) is 12.8. The van der Waals surface area contributed by atoms with Crippen LogP contribution >= 0.6 is 0 Å². The van der Waals surface area contributed by atoms with Gasteiger partial charge in [0.1, 0.15) is 18.3 Å². The van der Waals surface area contributed by atoms with Crippen LogP contribution < -0.4 is 10.2 Å². The molecule has 2 heterocycles. The van der Waals surface area contributed by atoms with E-state index < -0.39 is 6.04 Å². The van der Waals surface area contributed by atoms with Crippen molar-refractivity contribution < 1.29 is 14.0 Å². The van der Waals surface area contributed by atoms with Gasteiger partial charge in [-0.1, -0.05) is 50.8 Å². The summed E-state index contributed by atoms with van der Waals surface area (Å²) in [5, 5.41) is 15.7. The Bertz CT molecular complexity index is 1160. The second kappa shape index (κ2) is 11.5. The number of carbonyl (C=O) groups is 2. The fourth-order valence-corrected chi connectivity index (χ4v) is 4.68. The van der Waals surface area contributed by atoms with Crippen molar-refractivity contribution in [3.63, 3.8) is 0 Å². The summed E-state index contributed by atoms with van der Waals surface area (Å²) in [7, 11) is 0. The fraction of sp³-hybridized carbons (Fsp3) is 0.519. The van der Waals surface area contributed by atoms with Gasteiger partial charge in [0.05, 0.1) is 0 Å². The van der Waals surface area contributed by atoms with E-state index in [1.807, 2.05) is 44.2 Å². The Morgan fingerprint density at radius 1 is 1.08 bits per heavy atom. The van der Waals surface area contributed by atoms with Crippen LogP contribution in [-0.2, 0) is 16.1 Å². The molecule has 192 valence electrons. The van der Waals surface area contributed by atoms with Crippen LogP contribution in [0.15, 0.2) is 40.8 Å². The predicted molar refractivity (Wildman–Crippen MR) is 137 cm³/mol. The zero-order chi connectivity index (χ0) is 25.7. The summed E-state index contributed by atoms with van der Waals surface area (Å²) in [6, 6.07) is 10.8. The minimum Gasteiger partial charge on any atom is -0.458 e. The number of furan rings is 1. The lowest BCUT2D eigenvalue weighted by atomic mass is 9.94. The van der Waals surface area contributed by atoms with Crippen LogP contribution in [0, 0.1) is 19.8 Å². The van der Waals surface area contributed by atoms with Crippen molar-refractivity contribution in [3.05, 3.63) is 47.7 Å². The van der Waals surface area contributed by atoms with Gasteiger partial charge in [-0.3, -0.25) is 14.5 Å². The Morgan fingerprint density at radius 2 is 1.81 bits per heavy atom. The number of nitrogens with one attached hydrogen (secondary N) is 1. The minimum atomic E-state index is -0.641. The third kappa shape index (κ3) is 6.38. The third-order valence-electron chi connectivity index (χ3n) is 6.53. The zero-order valence-electron chi connectivity index (χ0n) is 21.6. The summed E-state index contributed by atoms with van der Waals surface area (Å²) in [5.74, 6) is 1.37. The largest absolute Gasteiger partial charge is 0.458 e. The first-order chi connectivity index (χ1) is 17.3. The van der Waals surface area contributed by atoms with E-state index in [2.05, 4.69) is 34.6 Å². The molecular weight excluding hydrogens is 456 g/mol. The van der Waals surface area contributed by atoms with Crippen LogP contribution in [0.3, 0.4) is 0 Å². The molecule has 1 N–H and O–H groups in total. The number of carbonyl (C=O) groups excluding carboxylic acids is 2. The van der Waals surface area contributed by atoms with Gasteiger partial charge in [0.25, 0.3) is 5.91 Å². The molecule has 4 rings (SSSR count). The second-order valence-electron chi connectivity index (χ2n) is 10.1. The molecule has 1 atom stereocenters. The number of hydrogen-bond donors (Lipinski definition) is 1. The van der Waals surface area contributed by atoms with Crippen molar-refractivity contribution in [1.29, 1.82) is 0 Å². The summed E-state index contributed by atoms with van der Waals surface area (Å²) in [4.78, 5) is 30.2. The maximum atomic E-state index is 13.8. The average Bonchev–Trinajstić information content (AvgIpc) is 3.49. The SMILES string of the molecule is Cc1ccc(N(C(=O)Cn2nnc(-c3ccc(C)o3)n2)C(CC(C)C)C(=O)NC2CCCCC2)cc1. The lowest BCUT2D eigenvalue weighted by Gasteiger charge is -2.34. The molecular formula is C27H36N6O3. The molecule has 1 aliphatic rings. The molecule has 2 aromatic heterocycles. The summed E-state index contributed by atoms with van der Waals surface area (Å²) < 4.78 is 5.57. The van der Waals surface area contributed by atoms with Crippen LogP contribution in [0.25, 0.3) is 11.6 Å². The number of aryl methyl sites for hydroxylation is 2. The van der Waals surface area contributed by atoms with Gasteiger partial charge in [-0.2, -0.15) is 4.80 Å². The average molecular weight is 493 g/mol. The summed E-state index contributed by atoms with van der Waals surface area (Å²) in [6.45, 7) is 7.81. The highest BCUT2D eigenvalue weighted by Gasteiger charge is 2.33. The van der Waals surface area contributed by atoms with Gasteiger partial charge in [-0.15, -0.1) is 10.2 Å². The van der Waals surface area contributed by atoms with Crippen molar-refractivity contribution in [3.8, 4) is 11.6 Å². The lowest BCUT2D eigenvalue weighted by molar-refractivity contribution is -0.127. The van der Waals surface area contributed by atoms with E-state index in [1.165, 1.54) is 11.2 Å². The number of anilines is 1. The third-order valence-corrected chi connectivity index (χ3v) is 6.53. The van der Waals surface area contributed by atoms with E-state index in [0.717, 1.165) is 37.0 Å². The predicted octanol–water partition coefficient (Wildman–Crippen LogP) is 4.45. The van der Waals surface area contributed by atoms with Gasteiger partial charge < -0.3 is 9.73 Å². The number of amides is 2. The highest BCUT2D eigenvalue weighted by Crippen LogP contribution is 2.25. The van der Waals surface area contributed by atoms with Crippen molar-refractivity contribution in [1.82, 2.24) is 25.5 Å². The van der Waals surface area contributed by atoms with Crippen LogP contribution in [0.1, 0.15) is 63.7 Å². The maximum Gasteiger partial charge on any atom is 0.251 e. The molecule has 1 fully saturated rings. The molecule has 1 aliphatic carbocycles. The first-order valence-electron chi connectivity index (χ1n) is 12.8. The highest BCUT2D eigenvalue weighted by molar-refractivity contribution is 6.00. The van der Waals surface area contributed by atoms with Gasteiger partial charge in [0.15, 0.2) is 5.76 Å². The molecule has 3 aromatic rings. The molecule has 9 heteroatoms. The zero-order valence-corrected chi connectivity index (χ0v) is 21.6. The van der Waals surface area contributed by atoms with Crippen molar-refractivity contribution in [2.45, 2.75) is 84.8 Å². The number of nitrogens with zero attached hydrogens (tertiary/aromatic N) is 5. The van der Waals surface area contributed by atoms with Crippen LogP contribution in [0.5, 0.6) is 0 Å². The maximum absolute atomic E-state index is 13.8. The molecule has 2 amide bonds. The lowest BCUT2D eigenvalue weighted by Crippen LogP contribution is -2.53. The number of benzene rings is 1. The number of rotatable bonds is 9. The smallest absolute Gasteiger partial charge is 0.251 e. The Morgan fingerprint density at radius 3 is 2.44 bits per heavy atom. The molecule has 36 heavy (non-hydrogen) atoms. The van der Waals surface area contributed by atoms with Crippen molar-refractivity contribution in [2.75, 3.05) is 4.90 Å². The first kappa shape index (κ1) is 25.6. The summed E-state index contributed by atoms with van der Waals surface area (Å²) in [6.07, 6.45) is 5.96. The van der Waals surface area contributed by atoms with Gasteiger partial charge in [-0.25, -0.2) is 0 Å². The number of aromatic nitrogens is 4. The molecule has 0 bridgehead atoms. The Labute approximate surface area is 212 Å². The molecule has 1 saturated carbocycles. The van der Waals surface area contributed by atoms with E-state index in [9.17, 15) is 9.59 Å². The second-order valence-corrected chi connectivity index (χ2v) is 10.1. The van der Waals surface area contributed by atoms with Gasteiger partial charge in [-0.05, 0) is 68.5 Å². The minimum absolute atomic E-state index is 0.108. The van der Waals surface area contributed by atoms with Gasteiger partial charge in [0.2, 0.25) is 11.7 Å². The Balaban J connectivity index is 1.60. The van der Waals surface area contributed by atoms with Crippen molar-refractivity contribution >= 4 is 17.5 Å². The summed E-state index contributed by atoms with van der Waals surface area (Å²) >= 11 is 0. The molecule has 0 aliphatic heterocycles. The monoisotopic (exact) mass is 492 g/mol. The molecule has 1 aromatic carbocycles. The molecule has 0 saturated heterocycles. The number of tetrazole rings is 1. The Hall–Kier alpha value is -3.49. The van der Waals surface area contributed by atoms with E-state index in [0.29, 0.717) is 23.7 Å². The normalized spacial score (nSPS) is 15.1. The van der Waals surface area contributed by atoms with Crippen LogP contribution in [0.4, 0.5) is 5.69 Å². The molecule has 0 spiro atoms. The van der Waals surface area contributed by atoms with Crippen molar-refractivity contribution in [2.24, 2.45) is 5.92 Å². The number of hydrogen-bond acceptors (Lipinski definition) is 6. The molecule has 0 radical (unpaired) electrons. The Kier molecular flexibility index (Phi) is 8.18. The summed E-state index contributed by atoms with van der Waals surface area (Å²) in [5.41, 5.74) is 1.76. The highest BCUT2D eigenvalue weighted by atomic mass is 16.3. The standard InChI is InChI=1S/C27H36N6O3/c1-18(2)16-23(27(35)28-21-8-6-5-7-9-21)33(22-13-10-19(3)11-14-22)25(34)17-32-30-26(29-31-32)24-15-12-20(4)36-24/h10-15,18,21,23H,5-9,16-17H2,1-4H3,(H,28,35). The topological polar surface area (TPSA) is 106 Å². The van der Waals surface area contributed by atoms with E-state index in [1.54, 1.807) is 11.0 Å². The van der Waals surface area contributed by atoms with Crippen LogP contribution in [0.2, 0.25) is 0 Å². The molecule has 1 unspecified atom stereocenters. The van der Waals surface area contributed by atoms with Gasteiger partial charge >= 0.3 is 0 Å². The van der Waals surface area contributed by atoms with E-state index in [4.69, 9.17) is 4.42 Å². The van der Waals surface area contributed by atoms with E-state index in [-0.39, 0.29) is 30.3 Å². The quantitative estimate of drug-likeness (QED) is 0.473. The van der Waals surface area contributed by atoms with Gasteiger partial charge in [0, 0.05) is 11.7 Å². The fourth-order valence-electron chi connectivity index (χ4n) is 4.68. The van der Waals surface area contributed by atoms with Crippen LogP contribution in [-0.4, -0.2) is 44.1 Å². The van der Waals surface area contributed by atoms with E-state index >= 15 is 0 Å². The molecule has 9 nitrogen and oxygen atoms in total.